The Morgan fingerprint density at radius 1 is 1.12 bits per heavy atom. The predicted molar refractivity (Wildman–Crippen MR) is 85.9 cm³/mol. The normalized spacial score (nSPS) is 11.2. The zero-order valence-electron chi connectivity index (χ0n) is 13.5. The van der Waals surface area contributed by atoms with Crippen molar-refractivity contribution in [3.8, 4) is 22.6 Å². The first-order valence-electron chi connectivity index (χ1n) is 7.66. The van der Waals surface area contributed by atoms with Gasteiger partial charge in [-0.05, 0) is 42.3 Å². The van der Waals surface area contributed by atoms with Crippen LogP contribution < -0.4 is 9.47 Å². The molecule has 0 saturated heterocycles. The third kappa shape index (κ3) is 5.14. The Hall–Kier alpha value is -2.70. The quantitative estimate of drug-likeness (QED) is 0.416. The Morgan fingerprint density at radius 3 is 2.36 bits per heavy atom. The van der Waals surface area contributed by atoms with Gasteiger partial charge >= 0.3 is 12.3 Å². The Balaban J connectivity index is 2.37. The minimum Gasteiger partial charge on any atom is -0.494 e. The number of carbonyl (C=O) groups is 1. The maximum absolute atomic E-state index is 12.7. The van der Waals surface area contributed by atoms with Crippen LogP contribution in [0.1, 0.15) is 25.3 Å². The van der Waals surface area contributed by atoms with E-state index in [2.05, 4.69) is 0 Å². The smallest absolute Gasteiger partial charge is 0.494 e. The molecule has 7 heteroatoms. The second-order valence-corrected chi connectivity index (χ2v) is 5.30. The van der Waals surface area contributed by atoms with Gasteiger partial charge in [-0.25, -0.2) is 4.79 Å². The van der Waals surface area contributed by atoms with E-state index in [1.165, 1.54) is 18.2 Å². The molecule has 0 aliphatic rings. The zero-order chi connectivity index (χ0) is 18.4. The van der Waals surface area contributed by atoms with Gasteiger partial charge < -0.3 is 14.6 Å². The Morgan fingerprint density at radius 2 is 1.80 bits per heavy atom. The summed E-state index contributed by atoms with van der Waals surface area (Å²) < 4.78 is 48.3. The van der Waals surface area contributed by atoms with E-state index in [1.54, 1.807) is 12.1 Å². The molecule has 0 bridgehead atoms. The van der Waals surface area contributed by atoms with Crippen molar-refractivity contribution in [3.63, 3.8) is 0 Å². The van der Waals surface area contributed by atoms with Crippen LogP contribution in [0.5, 0.6) is 11.5 Å². The summed E-state index contributed by atoms with van der Waals surface area (Å²) in [6.07, 6.45) is -4.15. The van der Waals surface area contributed by atoms with Crippen LogP contribution in [0.25, 0.3) is 11.1 Å². The maximum atomic E-state index is 12.7. The molecule has 2 rings (SSSR count). The molecule has 0 heterocycles. The first-order valence-corrected chi connectivity index (χ1v) is 7.66. The highest BCUT2D eigenvalue weighted by Gasteiger charge is 2.30. The lowest BCUT2D eigenvalue weighted by Crippen LogP contribution is -2.06. The largest absolute Gasteiger partial charge is 0.511 e. The number of carboxylic acid groups (broad SMARTS) is 1. The van der Waals surface area contributed by atoms with Gasteiger partial charge in [0, 0.05) is 5.56 Å². The summed E-state index contributed by atoms with van der Waals surface area (Å²) in [5, 5.41) is 8.83. The van der Waals surface area contributed by atoms with Crippen molar-refractivity contribution in [2.75, 3.05) is 6.61 Å². The molecule has 0 fully saturated rings. The highest BCUT2D eigenvalue weighted by molar-refractivity contribution is 5.75. The third-order valence-electron chi connectivity index (χ3n) is 3.44. The van der Waals surface area contributed by atoms with Gasteiger partial charge in [0.15, 0.2) is 0 Å². The van der Waals surface area contributed by atoms with Gasteiger partial charge in [-0.1, -0.05) is 25.5 Å². The van der Waals surface area contributed by atoms with Crippen molar-refractivity contribution in [1.29, 1.82) is 0 Å². The van der Waals surface area contributed by atoms with Crippen LogP contribution >= 0.6 is 0 Å². The molecule has 0 aliphatic heterocycles. The summed E-state index contributed by atoms with van der Waals surface area (Å²) in [5.41, 5.74) is -0.0531. The van der Waals surface area contributed by atoms with E-state index in [4.69, 9.17) is 14.6 Å². The predicted octanol–water partition coefficient (Wildman–Crippen LogP) is 5.61. The fraction of sp³-hybridized carbons (Fsp3) is 0.278. The molecule has 134 valence electrons. The molecule has 0 saturated carbocycles. The summed E-state index contributed by atoms with van der Waals surface area (Å²) in [4.78, 5) is 10.8. The number of unbranched alkanes of at least 4 members (excludes halogenated alkanes) is 1. The van der Waals surface area contributed by atoms with Gasteiger partial charge in [0.05, 0.1) is 12.2 Å². The highest BCUT2D eigenvalue weighted by atomic mass is 19.4. The van der Waals surface area contributed by atoms with Crippen molar-refractivity contribution >= 4 is 6.16 Å². The van der Waals surface area contributed by atoms with Crippen LogP contribution in [-0.4, -0.2) is 17.9 Å². The fourth-order valence-electron chi connectivity index (χ4n) is 2.18. The molecule has 25 heavy (non-hydrogen) atoms. The lowest BCUT2D eigenvalue weighted by atomic mass is 10.0. The first-order chi connectivity index (χ1) is 11.8. The van der Waals surface area contributed by atoms with E-state index < -0.39 is 17.9 Å². The average Bonchev–Trinajstić information content (AvgIpc) is 2.55. The Kier molecular flexibility index (Phi) is 5.90. The molecule has 0 spiro atoms. The molecule has 0 amide bonds. The van der Waals surface area contributed by atoms with Gasteiger partial charge in [0.25, 0.3) is 0 Å². The zero-order valence-corrected chi connectivity index (χ0v) is 13.5. The number of ether oxygens (including phenoxy) is 2. The molecule has 0 aliphatic carbocycles. The minimum absolute atomic E-state index is 0.0232. The van der Waals surface area contributed by atoms with E-state index in [1.807, 2.05) is 6.92 Å². The number of hydrogen-bond donors (Lipinski definition) is 1. The van der Waals surface area contributed by atoms with Gasteiger partial charge in [-0.2, -0.15) is 13.2 Å². The summed E-state index contributed by atoms with van der Waals surface area (Å²) in [6, 6.07) is 8.93. The number of halogens is 3. The lowest BCUT2D eigenvalue weighted by Gasteiger charge is -2.13. The topological polar surface area (TPSA) is 55.8 Å². The third-order valence-corrected chi connectivity index (χ3v) is 3.44. The summed E-state index contributed by atoms with van der Waals surface area (Å²) in [5.74, 6) is 0.510. The van der Waals surface area contributed by atoms with Crippen molar-refractivity contribution < 1.29 is 32.5 Å². The van der Waals surface area contributed by atoms with E-state index in [-0.39, 0.29) is 5.75 Å². The number of benzene rings is 2. The minimum atomic E-state index is -4.44. The van der Waals surface area contributed by atoms with Gasteiger partial charge in [-0.3, -0.25) is 0 Å². The molecule has 2 aromatic rings. The lowest BCUT2D eigenvalue weighted by molar-refractivity contribution is -0.137. The average molecular weight is 354 g/mol. The van der Waals surface area contributed by atoms with Crippen LogP contribution in [-0.2, 0) is 6.18 Å². The maximum Gasteiger partial charge on any atom is 0.511 e. The highest BCUT2D eigenvalue weighted by Crippen LogP contribution is 2.36. The van der Waals surface area contributed by atoms with Gasteiger partial charge in [0.1, 0.15) is 11.5 Å². The Labute approximate surface area is 142 Å². The standard InChI is InChI=1S/C18H17F3O4/c1-2-3-10-24-14-8-9-16(25-17(22)23)15(11-14)12-4-6-13(7-5-12)18(19,20)21/h4-9,11H,2-3,10H2,1H3,(H,22,23). The number of alkyl halides is 3. The number of rotatable bonds is 6. The second kappa shape index (κ2) is 7.92. The Bertz CT molecular complexity index is 724. The summed E-state index contributed by atoms with van der Waals surface area (Å²) >= 11 is 0. The van der Waals surface area contributed by atoms with Crippen LogP contribution in [0.2, 0.25) is 0 Å². The van der Waals surface area contributed by atoms with Crippen LogP contribution in [0.15, 0.2) is 42.5 Å². The molecule has 0 unspecified atom stereocenters. The van der Waals surface area contributed by atoms with Gasteiger partial charge in [-0.15, -0.1) is 0 Å². The monoisotopic (exact) mass is 354 g/mol. The molecule has 0 radical (unpaired) electrons. The van der Waals surface area contributed by atoms with Crippen LogP contribution in [0.3, 0.4) is 0 Å². The molecule has 4 nitrogen and oxygen atoms in total. The second-order valence-electron chi connectivity index (χ2n) is 5.30. The summed E-state index contributed by atoms with van der Waals surface area (Å²) in [7, 11) is 0. The SMILES string of the molecule is CCCCOc1ccc(OC(=O)O)c(-c2ccc(C(F)(F)F)cc2)c1. The van der Waals surface area contributed by atoms with E-state index in [0.717, 1.165) is 25.0 Å². The fourth-order valence-corrected chi connectivity index (χ4v) is 2.18. The molecule has 0 atom stereocenters. The molecular weight excluding hydrogens is 337 g/mol. The van der Waals surface area contributed by atoms with Crippen molar-refractivity contribution in [2.45, 2.75) is 25.9 Å². The van der Waals surface area contributed by atoms with Crippen LogP contribution in [0.4, 0.5) is 18.0 Å². The molecular formula is C18H17F3O4. The van der Waals surface area contributed by atoms with Crippen molar-refractivity contribution in [2.24, 2.45) is 0 Å². The summed E-state index contributed by atoms with van der Waals surface area (Å²) in [6.45, 7) is 2.50. The molecule has 2 aromatic carbocycles. The van der Waals surface area contributed by atoms with E-state index in [0.29, 0.717) is 23.5 Å². The van der Waals surface area contributed by atoms with Gasteiger partial charge in [0.2, 0.25) is 0 Å². The van der Waals surface area contributed by atoms with Crippen LogP contribution in [0, 0.1) is 0 Å². The van der Waals surface area contributed by atoms with Crippen molar-refractivity contribution in [1.82, 2.24) is 0 Å². The van der Waals surface area contributed by atoms with E-state index >= 15 is 0 Å². The van der Waals surface area contributed by atoms with Crippen molar-refractivity contribution in [3.05, 3.63) is 48.0 Å². The first kappa shape index (κ1) is 18.6. The molecule has 1 N–H and O–H groups in total. The van der Waals surface area contributed by atoms with E-state index in [9.17, 15) is 18.0 Å². The molecule has 0 aromatic heterocycles. The number of hydrogen-bond acceptors (Lipinski definition) is 3.